The fraction of sp³-hybridized carbons (Fsp3) is 0.846. The van der Waals surface area contributed by atoms with Crippen molar-refractivity contribution in [1.82, 2.24) is 0 Å². The number of hydrogen-bond acceptors (Lipinski definition) is 7. The van der Waals surface area contributed by atoms with E-state index in [1.807, 2.05) is 0 Å². The molecule has 0 aromatic carbocycles. The van der Waals surface area contributed by atoms with E-state index < -0.39 is 37.4 Å². The van der Waals surface area contributed by atoms with Gasteiger partial charge < -0.3 is 24.8 Å². The Hall–Kier alpha value is -1.02. The predicted molar refractivity (Wildman–Crippen MR) is 69.8 cm³/mol. The molecule has 0 saturated carbocycles. The quantitative estimate of drug-likeness (QED) is 0.273. The Morgan fingerprint density at radius 2 is 1.65 bits per heavy atom. The first-order chi connectivity index (χ1) is 9.56. The van der Waals surface area contributed by atoms with Crippen LogP contribution in [0.1, 0.15) is 39.0 Å². The minimum Gasteiger partial charge on any atom is -0.393 e. The van der Waals surface area contributed by atoms with Crippen molar-refractivity contribution in [3.63, 3.8) is 0 Å². The molecule has 0 aromatic rings. The van der Waals surface area contributed by atoms with Gasteiger partial charge in [-0.1, -0.05) is 32.6 Å². The molecular formula is C13H24O7. The molecule has 2 atom stereocenters. The van der Waals surface area contributed by atoms with Crippen molar-refractivity contribution in [3.8, 4) is 0 Å². The van der Waals surface area contributed by atoms with Crippen LogP contribution in [0.5, 0.6) is 0 Å². The molecular weight excluding hydrogens is 268 g/mol. The number of carbonyl (C=O) groups excluding carboxylic acids is 2. The van der Waals surface area contributed by atoms with Gasteiger partial charge in [-0.25, -0.2) is 9.59 Å². The third kappa shape index (κ3) is 8.21. The second kappa shape index (κ2) is 11.8. The number of unbranched alkanes of at least 4 members (excludes halogenated alkanes) is 4. The van der Waals surface area contributed by atoms with Gasteiger partial charge in [0.1, 0.15) is 0 Å². The number of aliphatic hydroxyl groups excluding tert-OH is 3. The molecule has 0 amide bonds. The predicted octanol–water partition coefficient (Wildman–Crippen LogP) is -0.243. The Bertz CT molecular complexity index is 280. The zero-order valence-corrected chi connectivity index (χ0v) is 11.8. The van der Waals surface area contributed by atoms with E-state index in [9.17, 15) is 9.59 Å². The molecule has 2 unspecified atom stereocenters. The topological polar surface area (TPSA) is 113 Å². The molecule has 0 aliphatic rings. The average molecular weight is 292 g/mol. The van der Waals surface area contributed by atoms with Crippen molar-refractivity contribution in [2.24, 2.45) is 0 Å². The normalized spacial score (nSPS) is 13.8. The lowest BCUT2D eigenvalue weighted by atomic mass is 10.2. The van der Waals surface area contributed by atoms with Crippen LogP contribution in [0.3, 0.4) is 0 Å². The van der Waals surface area contributed by atoms with Crippen LogP contribution in [0.25, 0.3) is 0 Å². The van der Waals surface area contributed by atoms with Crippen molar-refractivity contribution in [3.05, 3.63) is 0 Å². The van der Waals surface area contributed by atoms with E-state index >= 15 is 0 Å². The van der Waals surface area contributed by atoms with Crippen molar-refractivity contribution in [1.29, 1.82) is 0 Å². The molecule has 3 N–H and O–H groups in total. The molecule has 0 saturated heterocycles. The first kappa shape index (κ1) is 19.0. The molecule has 7 heteroatoms. The highest BCUT2D eigenvalue weighted by molar-refractivity contribution is 5.89. The van der Waals surface area contributed by atoms with E-state index in [0.717, 1.165) is 32.1 Å². The van der Waals surface area contributed by atoms with E-state index in [4.69, 9.17) is 20.1 Å². The van der Waals surface area contributed by atoms with E-state index in [1.54, 1.807) is 0 Å². The monoisotopic (exact) mass is 292 g/mol. The number of aliphatic hydroxyl groups is 3. The molecule has 0 aliphatic carbocycles. The molecule has 0 bridgehead atoms. The lowest BCUT2D eigenvalue weighted by Crippen LogP contribution is -2.36. The van der Waals surface area contributed by atoms with Gasteiger partial charge in [-0.15, -0.1) is 0 Å². The maximum atomic E-state index is 11.5. The molecule has 7 nitrogen and oxygen atoms in total. The maximum absolute atomic E-state index is 11.5. The van der Waals surface area contributed by atoms with Crippen LogP contribution in [-0.2, 0) is 19.1 Å². The number of ether oxygens (including phenoxy) is 2. The molecule has 0 radical (unpaired) electrons. The van der Waals surface area contributed by atoms with Gasteiger partial charge in [-0.2, -0.15) is 0 Å². The van der Waals surface area contributed by atoms with E-state index in [-0.39, 0.29) is 6.61 Å². The van der Waals surface area contributed by atoms with Gasteiger partial charge in [-0.3, -0.25) is 0 Å². The highest BCUT2D eigenvalue weighted by Gasteiger charge is 2.26. The summed E-state index contributed by atoms with van der Waals surface area (Å²) in [5, 5.41) is 26.5. The summed E-state index contributed by atoms with van der Waals surface area (Å²) in [5.74, 6) is -2.33. The van der Waals surface area contributed by atoms with Crippen LogP contribution in [-0.4, -0.2) is 59.3 Å². The minimum absolute atomic E-state index is 0.279. The summed E-state index contributed by atoms with van der Waals surface area (Å²) in [6, 6.07) is 0. The zero-order valence-electron chi connectivity index (χ0n) is 11.8. The van der Waals surface area contributed by atoms with Crippen molar-refractivity contribution in [2.75, 3.05) is 19.8 Å². The lowest BCUT2D eigenvalue weighted by molar-refractivity contribution is -0.175. The number of carbonyl (C=O) groups is 2. The largest absolute Gasteiger partial charge is 0.393 e. The summed E-state index contributed by atoms with van der Waals surface area (Å²) < 4.78 is 9.41. The molecule has 0 heterocycles. The molecule has 0 aromatic heterocycles. The number of rotatable bonds is 11. The van der Waals surface area contributed by atoms with Gasteiger partial charge in [0.05, 0.1) is 13.2 Å². The summed E-state index contributed by atoms with van der Waals surface area (Å²) in [4.78, 5) is 22.5. The van der Waals surface area contributed by atoms with Gasteiger partial charge in [-0.05, 0) is 6.42 Å². The summed E-state index contributed by atoms with van der Waals surface area (Å²) in [5.41, 5.74) is 0. The summed E-state index contributed by atoms with van der Waals surface area (Å²) in [6.45, 7) is 0.928. The fourth-order valence-corrected chi connectivity index (χ4v) is 1.43. The van der Waals surface area contributed by atoms with Crippen LogP contribution >= 0.6 is 0 Å². The Labute approximate surface area is 118 Å². The van der Waals surface area contributed by atoms with Gasteiger partial charge >= 0.3 is 11.9 Å². The fourth-order valence-electron chi connectivity index (χ4n) is 1.43. The molecule has 0 rings (SSSR count). The second-order valence-electron chi connectivity index (χ2n) is 4.39. The highest BCUT2D eigenvalue weighted by atomic mass is 16.6. The third-order valence-electron chi connectivity index (χ3n) is 2.64. The summed E-state index contributed by atoms with van der Waals surface area (Å²) in [7, 11) is 0. The summed E-state index contributed by atoms with van der Waals surface area (Å²) >= 11 is 0. The van der Waals surface area contributed by atoms with Crippen molar-refractivity contribution < 1.29 is 34.4 Å². The highest BCUT2D eigenvalue weighted by Crippen LogP contribution is 2.04. The van der Waals surface area contributed by atoms with E-state index in [1.165, 1.54) is 0 Å². The lowest BCUT2D eigenvalue weighted by Gasteiger charge is -2.14. The van der Waals surface area contributed by atoms with Crippen LogP contribution in [0.4, 0.5) is 0 Å². The number of hydrogen-bond donors (Lipinski definition) is 3. The average Bonchev–Trinajstić information content (AvgIpc) is 2.45. The third-order valence-corrected chi connectivity index (χ3v) is 2.64. The second-order valence-corrected chi connectivity index (χ2v) is 4.39. The molecule has 118 valence electrons. The first-order valence-corrected chi connectivity index (χ1v) is 6.83. The maximum Gasteiger partial charge on any atom is 0.345 e. The van der Waals surface area contributed by atoms with Crippen LogP contribution in [0.15, 0.2) is 0 Å². The molecule has 20 heavy (non-hydrogen) atoms. The van der Waals surface area contributed by atoms with E-state index in [2.05, 4.69) is 11.7 Å². The number of esters is 2. The van der Waals surface area contributed by atoms with Gasteiger partial charge in [0.15, 0.2) is 12.2 Å². The smallest absolute Gasteiger partial charge is 0.345 e. The van der Waals surface area contributed by atoms with Gasteiger partial charge in [0, 0.05) is 6.61 Å². The first-order valence-electron chi connectivity index (χ1n) is 6.83. The molecule has 0 spiro atoms. The SMILES string of the molecule is CCCCCCCOC(CO)C(=O)OC(=O)C(O)CO. The van der Waals surface area contributed by atoms with Crippen LogP contribution in [0, 0.1) is 0 Å². The van der Waals surface area contributed by atoms with Crippen molar-refractivity contribution in [2.45, 2.75) is 51.2 Å². The molecule has 0 fully saturated rings. The van der Waals surface area contributed by atoms with Crippen LogP contribution < -0.4 is 0 Å². The minimum atomic E-state index is -1.77. The Balaban J connectivity index is 3.94. The van der Waals surface area contributed by atoms with Crippen LogP contribution in [0.2, 0.25) is 0 Å². The van der Waals surface area contributed by atoms with Gasteiger partial charge in [0.2, 0.25) is 0 Å². The van der Waals surface area contributed by atoms with E-state index in [0.29, 0.717) is 0 Å². The Kier molecular flexibility index (Phi) is 11.2. The standard InChI is InChI=1S/C13H24O7/c1-2-3-4-5-6-7-19-11(9-15)13(18)20-12(17)10(16)8-14/h10-11,14-16H,2-9H2,1H3. The summed E-state index contributed by atoms with van der Waals surface area (Å²) in [6.07, 6.45) is 2.03. The Morgan fingerprint density at radius 3 is 2.20 bits per heavy atom. The van der Waals surface area contributed by atoms with Gasteiger partial charge in [0.25, 0.3) is 0 Å². The molecule has 0 aliphatic heterocycles. The van der Waals surface area contributed by atoms with Crippen molar-refractivity contribution >= 4 is 11.9 Å². The Morgan fingerprint density at radius 1 is 1.00 bits per heavy atom. The zero-order chi connectivity index (χ0) is 15.4.